The summed E-state index contributed by atoms with van der Waals surface area (Å²) < 4.78 is 17.3. The monoisotopic (exact) mass is 276 g/mol. The zero-order valence-electron chi connectivity index (χ0n) is 12.0. The first-order valence-corrected chi connectivity index (χ1v) is 11.9. The van der Waals surface area contributed by atoms with Crippen LogP contribution in [0.25, 0.3) is 0 Å². The van der Waals surface area contributed by atoms with Crippen molar-refractivity contribution in [2.24, 2.45) is 0 Å². The average molecular weight is 277 g/mol. The molecule has 0 aromatic carbocycles. The van der Waals surface area contributed by atoms with Crippen molar-refractivity contribution in [3.05, 3.63) is 0 Å². The maximum absolute atomic E-state index is 5.99. The first-order valence-electron chi connectivity index (χ1n) is 6.65. The van der Waals surface area contributed by atoms with Gasteiger partial charge in [0.1, 0.15) is 0 Å². The summed E-state index contributed by atoms with van der Waals surface area (Å²) in [6.07, 6.45) is 6.82. The Bertz CT molecular complexity index is 228. The van der Waals surface area contributed by atoms with E-state index in [1.807, 2.05) is 7.11 Å². The van der Waals surface area contributed by atoms with Crippen LogP contribution in [0.15, 0.2) is 0 Å². The van der Waals surface area contributed by atoms with Gasteiger partial charge < -0.3 is 13.3 Å². The number of hydrogen-bond donors (Lipinski definition) is 0. The highest BCUT2D eigenvalue weighted by molar-refractivity contribution is 6.88. The molecule has 0 radical (unpaired) electrons. The minimum Gasteiger partial charge on any atom is -0.420 e. The first-order chi connectivity index (χ1) is 7.99. The van der Waals surface area contributed by atoms with Gasteiger partial charge in [-0.05, 0) is 18.6 Å². The van der Waals surface area contributed by atoms with E-state index in [2.05, 4.69) is 13.1 Å². The highest BCUT2D eigenvalue weighted by atomic mass is 28.4. The van der Waals surface area contributed by atoms with E-state index < -0.39 is 16.9 Å². The van der Waals surface area contributed by atoms with Crippen molar-refractivity contribution in [1.29, 1.82) is 0 Å². The predicted molar refractivity (Wildman–Crippen MR) is 75.9 cm³/mol. The minimum atomic E-state index is -2.00. The molecule has 0 aromatic rings. The van der Waals surface area contributed by atoms with Crippen molar-refractivity contribution in [2.75, 3.05) is 21.3 Å². The summed E-state index contributed by atoms with van der Waals surface area (Å²) in [6, 6.07) is 0. The molecule has 102 valence electrons. The normalized spacial score (nSPS) is 22.4. The maximum Gasteiger partial charge on any atom is 0.333 e. The van der Waals surface area contributed by atoms with Crippen molar-refractivity contribution in [1.82, 2.24) is 0 Å². The smallest absolute Gasteiger partial charge is 0.333 e. The molecule has 0 spiro atoms. The lowest BCUT2D eigenvalue weighted by Crippen LogP contribution is -2.51. The lowest BCUT2D eigenvalue weighted by Gasteiger charge is -2.40. The van der Waals surface area contributed by atoms with E-state index in [-0.39, 0.29) is 0 Å². The van der Waals surface area contributed by atoms with Gasteiger partial charge in [0.05, 0.1) is 0 Å². The van der Waals surface area contributed by atoms with Gasteiger partial charge in [-0.1, -0.05) is 32.1 Å². The second kappa shape index (κ2) is 6.47. The largest absolute Gasteiger partial charge is 0.420 e. The number of rotatable bonds is 6. The van der Waals surface area contributed by atoms with Crippen LogP contribution in [0.4, 0.5) is 0 Å². The third-order valence-electron chi connectivity index (χ3n) is 4.47. The molecule has 1 aliphatic rings. The molecule has 0 saturated heterocycles. The van der Waals surface area contributed by atoms with Crippen molar-refractivity contribution in [3.63, 3.8) is 0 Å². The average Bonchev–Trinajstić information content (AvgIpc) is 2.39. The molecule has 1 aliphatic carbocycles. The van der Waals surface area contributed by atoms with E-state index in [0.29, 0.717) is 0 Å². The molecule has 1 unspecified atom stereocenters. The first kappa shape index (κ1) is 15.4. The molecule has 0 bridgehead atoms. The van der Waals surface area contributed by atoms with E-state index in [0.717, 1.165) is 11.2 Å². The highest BCUT2D eigenvalue weighted by Gasteiger charge is 2.46. The molecule has 1 fully saturated rings. The summed E-state index contributed by atoms with van der Waals surface area (Å²) in [6.45, 7) is 4.52. The van der Waals surface area contributed by atoms with Gasteiger partial charge in [-0.15, -0.1) is 0 Å². The van der Waals surface area contributed by atoms with Crippen molar-refractivity contribution >= 4 is 16.9 Å². The fourth-order valence-corrected chi connectivity index (χ4v) is 13.1. The Kier molecular flexibility index (Phi) is 5.85. The molecule has 1 saturated carbocycles. The van der Waals surface area contributed by atoms with Crippen LogP contribution < -0.4 is 0 Å². The van der Waals surface area contributed by atoms with Gasteiger partial charge >= 0.3 is 8.56 Å². The van der Waals surface area contributed by atoms with E-state index in [9.17, 15) is 0 Å². The standard InChI is InChI=1S/C12H28O3Si2/c1-13-16(4,11-17(5,14-2)15-3)12-9-7-6-8-10-12/h12H,6-11H2,1-5H3. The SMILES string of the molecule is CO[Si](C)(C[Si](C)(OC)C1CCCCC1)OC. The molecule has 17 heavy (non-hydrogen) atoms. The Labute approximate surface area is 108 Å². The fourth-order valence-electron chi connectivity index (χ4n) is 2.96. The fraction of sp³-hybridized carbons (Fsp3) is 1.00. The lowest BCUT2D eigenvalue weighted by atomic mass is 10.0. The Balaban J connectivity index is 2.72. The van der Waals surface area contributed by atoms with Gasteiger partial charge in [0.25, 0.3) is 0 Å². The lowest BCUT2D eigenvalue weighted by molar-refractivity contribution is 0.250. The summed E-state index contributed by atoms with van der Waals surface area (Å²) in [5.74, 6) is 0. The quantitative estimate of drug-likeness (QED) is 0.696. The van der Waals surface area contributed by atoms with Crippen molar-refractivity contribution < 1.29 is 13.3 Å². The summed E-state index contributed by atoms with van der Waals surface area (Å²) >= 11 is 0. The van der Waals surface area contributed by atoms with Gasteiger partial charge in [0, 0.05) is 27.0 Å². The second-order valence-corrected chi connectivity index (χ2v) is 13.9. The van der Waals surface area contributed by atoms with Gasteiger partial charge in [-0.3, -0.25) is 0 Å². The van der Waals surface area contributed by atoms with Gasteiger partial charge in [0.2, 0.25) is 0 Å². The van der Waals surface area contributed by atoms with Crippen LogP contribution in [0.5, 0.6) is 0 Å². The zero-order valence-corrected chi connectivity index (χ0v) is 14.0. The zero-order chi connectivity index (χ0) is 12.9. The minimum absolute atomic E-state index is 0.790. The topological polar surface area (TPSA) is 27.7 Å². The molecule has 0 amide bonds. The van der Waals surface area contributed by atoms with Crippen molar-refractivity contribution in [3.8, 4) is 0 Å². The molecule has 0 aromatic heterocycles. The summed E-state index contributed by atoms with van der Waals surface area (Å²) in [5.41, 5.74) is 1.84. The summed E-state index contributed by atoms with van der Waals surface area (Å²) in [7, 11) is 1.76. The van der Waals surface area contributed by atoms with Gasteiger partial charge in [0.15, 0.2) is 8.32 Å². The Morgan fingerprint density at radius 3 is 1.82 bits per heavy atom. The Morgan fingerprint density at radius 2 is 1.41 bits per heavy atom. The van der Waals surface area contributed by atoms with E-state index >= 15 is 0 Å². The summed E-state index contributed by atoms with van der Waals surface area (Å²) in [5, 5.41) is 0. The molecular formula is C12H28O3Si2. The van der Waals surface area contributed by atoms with Crippen LogP contribution in [0, 0.1) is 0 Å². The molecule has 1 rings (SSSR count). The number of hydrogen-bond acceptors (Lipinski definition) is 3. The second-order valence-electron chi connectivity index (χ2n) is 5.57. The highest BCUT2D eigenvalue weighted by Crippen LogP contribution is 2.41. The van der Waals surface area contributed by atoms with Crippen LogP contribution in [0.2, 0.25) is 24.3 Å². The van der Waals surface area contributed by atoms with Crippen molar-refractivity contribution in [2.45, 2.75) is 56.4 Å². The van der Waals surface area contributed by atoms with Crippen LogP contribution >= 0.6 is 0 Å². The predicted octanol–water partition coefficient (Wildman–Crippen LogP) is 3.45. The third-order valence-corrected chi connectivity index (χ3v) is 14.8. The molecule has 0 aliphatic heterocycles. The van der Waals surface area contributed by atoms with Crippen LogP contribution in [0.1, 0.15) is 32.1 Å². The molecular weight excluding hydrogens is 248 g/mol. The van der Waals surface area contributed by atoms with Crippen LogP contribution in [-0.4, -0.2) is 38.2 Å². The van der Waals surface area contributed by atoms with E-state index in [4.69, 9.17) is 13.3 Å². The molecule has 3 nitrogen and oxygen atoms in total. The Morgan fingerprint density at radius 1 is 0.882 bits per heavy atom. The molecule has 5 heteroatoms. The van der Waals surface area contributed by atoms with Crippen LogP contribution in [-0.2, 0) is 13.3 Å². The van der Waals surface area contributed by atoms with Crippen LogP contribution in [0.3, 0.4) is 0 Å². The maximum atomic E-state index is 5.99. The molecule has 1 atom stereocenters. The van der Waals surface area contributed by atoms with E-state index in [1.54, 1.807) is 14.2 Å². The van der Waals surface area contributed by atoms with E-state index in [1.165, 1.54) is 32.1 Å². The third kappa shape index (κ3) is 3.89. The molecule has 0 N–H and O–H groups in total. The Hall–Kier alpha value is 0.314. The van der Waals surface area contributed by atoms with Gasteiger partial charge in [-0.25, -0.2) is 0 Å². The molecule has 0 heterocycles. The van der Waals surface area contributed by atoms with Gasteiger partial charge in [-0.2, -0.15) is 0 Å². The summed E-state index contributed by atoms with van der Waals surface area (Å²) in [4.78, 5) is 0.